The monoisotopic (exact) mass is 566 g/mol. The van der Waals surface area contributed by atoms with Crippen molar-refractivity contribution in [2.75, 3.05) is 0 Å². The van der Waals surface area contributed by atoms with E-state index in [0.29, 0.717) is 0 Å². The molecule has 0 aliphatic heterocycles. The van der Waals surface area contributed by atoms with E-state index in [4.69, 9.17) is 0 Å². The number of halogens is 2. The van der Waals surface area contributed by atoms with Gasteiger partial charge in [0.1, 0.15) is 0 Å². The third-order valence-corrected chi connectivity index (χ3v) is 9.61. The molecular weight excluding hydrogens is 515 g/mol. The van der Waals surface area contributed by atoms with Crippen molar-refractivity contribution in [3.63, 3.8) is 0 Å². The van der Waals surface area contributed by atoms with Crippen LogP contribution in [0, 0.1) is 37.8 Å². The summed E-state index contributed by atoms with van der Waals surface area (Å²) in [6, 6.07) is 0. The van der Waals surface area contributed by atoms with E-state index in [-0.39, 0.29) is 50.5 Å². The van der Waals surface area contributed by atoms with Gasteiger partial charge in [0.2, 0.25) is 0 Å². The Hall–Kier alpha value is 0.905. The van der Waals surface area contributed by atoms with Crippen molar-refractivity contribution in [2.45, 2.75) is 93.7 Å². The fourth-order valence-corrected chi connectivity index (χ4v) is 5.25. The van der Waals surface area contributed by atoms with Gasteiger partial charge in [-0.15, -0.1) is 37.7 Å². The topological polar surface area (TPSA) is 0 Å². The predicted octanol–water partition coefficient (Wildman–Crippen LogP) is 8.76. The summed E-state index contributed by atoms with van der Waals surface area (Å²) in [5, 5.41) is 3.30. The molecule has 0 radical (unpaired) electrons. The van der Waals surface area contributed by atoms with Crippen LogP contribution in [0.15, 0.2) is 33.7 Å². The molecule has 190 valence electrons. The Kier molecular flexibility index (Phi) is 22.3. The fraction of sp³-hybridized carbons (Fsp3) is 0.615. The van der Waals surface area contributed by atoms with Crippen LogP contribution in [0.3, 0.4) is 0 Å². The van der Waals surface area contributed by atoms with Crippen LogP contribution in [0.5, 0.6) is 0 Å². The Morgan fingerprint density at radius 1 is 0.656 bits per heavy atom. The summed E-state index contributed by atoms with van der Waals surface area (Å²) in [5.74, 6) is 0. The molecule has 0 N–H and O–H groups in total. The first-order chi connectivity index (χ1) is 12.4. The molecule has 0 aromatic carbocycles. The van der Waals surface area contributed by atoms with E-state index in [2.05, 4.69) is 105 Å². The number of rotatable bonds is 2. The number of hydrogen-bond acceptors (Lipinski definition) is 0. The van der Waals surface area contributed by atoms with E-state index >= 15 is 0 Å². The van der Waals surface area contributed by atoms with Gasteiger partial charge >= 0.3 is 26.8 Å². The van der Waals surface area contributed by atoms with E-state index in [1.165, 1.54) is 11.1 Å². The van der Waals surface area contributed by atoms with Crippen molar-refractivity contribution < 1.29 is 19.2 Å². The van der Waals surface area contributed by atoms with Gasteiger partial charge in [-0.3, -0.25) is 12.2 Å². The molecule has 0 heterocycles. The Bertz CT molecular complexity index is 605. The molecule has 0 spiro atoms. The van der Waals surface area contributed by atoms with Gasteiger partial charge in [-0.2, -0.15) is 10.4 Å². The number of hydrogen-bond donors (Lipinski definition) is 0. The Balaban J connectivity index is -0.000000126. The molecule has 2 aliphatic rings. The second kappa shape index (κ2) is 16.6. The van der Waals surface area contributed by atoms with E-state index in [9.17, 15) is 0 Å². The molecule has 32 heavy (non-hydrogen) atoms. The molecule has 0 saturated carbocycles. The van der Waals surface area contributed by atoms with Gasteiger partial charge in [-0.05, 0) is 10.8 Å². The van der Waals surface area contributed by atoms with E-state index in [1.54, 1.807) is 10.4 Å². The van der Waals surface area contributed by atoms with E-state index in [1.807, 2.05) is 26.8 Å². The molecule has 0 saturated heterocycles. The molecule has 0 aromatic rings. The molecule has 6 heteroatoms. The summed E-state index contributed by atoms with van der Waals surface area (Å²) in [5.41, 5.74) is 3.37. The standard InChI is InChI=1S/2C12H21Si.2CH3.2ClH.H2Si.Ti/c2*1-12(2,3)10-7-8-11(9-10)13(4,5)6;;;;;;/h2*9H,8H2,1-6H3;2*1H3;2*1H;1H2;/q4*-1;;;;. The summed E-state index contributed by atoms with van der Waals surface area (Å²) in [6.45, 7) is 28.0. The second-order valence-electron chi connectivity index (χ2n) is 11.9. The van der Waals surface area contributed by atoms with Gasteiger partial charge in [0.15, 0.2) is 0 Å². The number of allylic oxidation sites excluding steroid dienone is 8. The van der Waals surface area contributed by atoms with Crippen LogP contribution in [0.1, 0.15) is 54.4 Å². The first-order valence-corrected chi connectivity index (χ1v) is 21.4. The average molecular weight is 568 g/mol. The molecule has 0 bridgehead atoms. The van der Waals surface area contributed by atoms with Gasteiger partial charge in [0.05, 0.1) is 16.1 Å². The molecule has 0 amide bonds. The first-order valence-electron chi connectivity index (χ1n) is 10.4. The summed E-state index contributed by atoms with van der Waals surface area (Å²) in [6.07, 6.45) is 14.0. The van der Waals surface area contributed by atoms with Gasteiger partial charge < -0.3 is 14.9 Å². The van der Waals surface area contributed by atoms with Gasteiger partial charge in [-0.1, -0.05) is 80.8 Å². The van der Waals surface area contributed by atoms with Crippen LogP contribution < -0.4 is 0 Å². The predicted molar refractivity (Wildman–Crippen MR) is 160 cm³/mol. The van der Waals surface area contributed by atoms with Crippen LogP contribution in [0.2, 0.25) is 39.3 Å². The summed E-state index contributed by atoms with van der Waals surface area (Å²) in [4.78, 5) is 0. The zero-order valence-electron chi connectivity index (χ0n) is 23.6. The maximum atomic E-state index is 3.51. The van der Waals surface area contributed by atoms with Crippen molar-refractivity contribution >= 4 is 48.6 Å². The van der Waals surface area contributed by atoms with Crippen molar-refractivity contribution in [3.05, 3.63) is 60.7 Å². The van der Waals surface area contributed by atoms with Crippen molar-refractivity contribution in [2.24, 2.45) is 10.8 Å². The third-order valence-electron chi connectivity index (χ3n) is 5.12. The summed E-state index contributed by atoms with van der Waals surface area (Å²) in [7, 11) is -0.273. The molecule has 0 unspecified atom stereocenters. The van der Waals surface area contributed by atoms with Crippen LogP contribution in [0.25, 0.3) is 0 Å². The van der Waals surface area contributed by atoms with Gasteiger partial charge in [0, 0.05) is 0 Å². The van der Waals surface area contributed by atoms with Crippen LogP contribution in [-0.4, -0.2) is 23.8 Å². The fourth-order valence-electron chi connectivity index (χ4n) is 2.86. The van der Waals surface area contributed by atoms with Crippen LogP contribution in [0.4, 0.5) is 0 Å². The Morgan fingerprint density at radius 2 is 0.875 bits per heavy atom. The van der Waals surface area contributed by atoms with E-state index < -0.39 is 16.1 Å². The van der Waals surface area contributed by atoms with Crippen molar-refractivity contribution in [1.29, 1.82) is 0 Å². The molecular formula is C26H52Cl2Si3Ti-4. The molecule has 0 aromatic heterocycles. The molecule has 0 fully saturated rings. The van der Waals surface area contributed by atoms with Crippen LogP contribution in [-0.2, 0) is 19.2 Å². The zero-order valence-corrected chi connectivity index (χ0v) is 30.2. The van der Waals surface area contributed by atoms with Crippen molar-refractivity contribution in [1.82, 2.24) is 0 Å². The Morgan fingerprint density at radius 3 is 0.969 bits per heavy atom. The third kappa shape index (κ3) is 15.0. The minimum absolute atomic E-state index is 0. The second-order valence-corrected chi connectivity index (χ2v) is 22.2. The Labute approximate surface area is 231 Å². The normalized spacial score (nSPS) is 15.2. The summed E-state index contributed by atoms with van der Waals surface area (Å²) < 4.78 is 0. The maximum absolute atomic E-state index is 3.51. The SMILES string of the molecule is CC(C)(C)C1=[C-]CC([Si](C)(C)C)=C1.CC(C)(C)C1=[C-]CC([Si](C)(C)C)=C1.Cl.Cl.[CH3-].[CH3-].[SiH2]=[Ti]. The summed E-state index contributed by atoms with van der Waals surface area (Å²) >= 11 is 2.03. The van der Waals surface area contributed by atoms with Gasteiger partial charge in [0.25, 0.3) is 0 Å². The van der Waals surface area contributed by atoms with E-state index in [0.717, 1.165) is 12.8 Å². The molecule has 0 atom stereocenters. The quantitative estimate of drug-likeness (QED) is 0.231. The minimum atomic E-state index is -1.07. The zero-order chi connectivity index (χ0) is 22.6. The van der Waals surface area contributed by atoms with Crippen LogP contribution >= 0.6 is 24.8 Å². The molecule has 2 aliphatic carbocycles. The first kappa shape index (κ1) is 43.0. The van der Waals surface area contributed by atoms with Crippen molar-refractivity contribution in [3.8, 4) is 0 Å². The molecule has 2 rings (SSSR count). The average Bonchev–Trinajstić information content (AvgIpc) is 3.17. The van der Waals surface area contributed by atoms with Gasteiger partial charge in [-0.25, -0.2) is 23.3 Å². The molecule has 0 nitrogen and oxygen atoms in total.